The molecular weight excluding hydrogens is 264 g/mol. The molecule has 0 saturated carbocycles. The molecule has 0 aliphatic rings. The summed E-state index contributed by atoms with van der Waals surface area (Å²) in [4.78, 5) is 11.8. The SMILES string of the molecule is N#C/C(=C\c1ccc(O)cc1)C(=O)Nc1nncs1. The van der Waals surface area contributed by atoms with Crippen molar-refractivity contribution >= 4 is 28.5 Å². The number of aromatic nitrogens is 2. The Balaban J connectivity index is 2.17. The van der Waals surface area contributed by atoms with Crippen LogP contribution < -0.4 is 5.32 Å². The number of nitriles is 1. The quantitative estimate of drug-likeness (QED) is 0.655. The molecular formula is C12H8N4O2S. The van der Waals surface area contributed by atoms with Crippen molar-refractivity contribution in [3.8, 4) is 11.8 Å². The number of phenolic OH excluding ortho intramolecular Hbond substituents is 1. The number of carbonyl (C=O) groups excluding carboxylic acids is 1. The second kappa shape index (κ2) is 5.75. The number of rotatable bonds is 3. The van der Waals surface area contributed by atoms with Crippen LogP contribution in [-0.2, 0) is 4.79 Å². The van der Waals surface area contributed by atoms with Gasteiger partial charge in [0.25, 0.3) is 5.91 Å². The molecule has 0 atom stereocenters. The Hall–Kier alpha value is -2.72. The summed E-state index contributed by atoms with van der Waals surface area (Å²) >= 11 is 1.16. The number of anilines is 1. The van der Waals surface area contributed by atoms with Gasteiger partial charge in [0.1, 0.15) is 22.9 Å². The number of hydrogen-bond donors (Lipinski definition) is 2. The topological polar surface area (TPSA) is 98.9 Å². The van der Waals surface area contributed by atoms with Crippen molar-refractivity contribution in [3.05, 3.63) is 40.9 Å². The first kappa shape index (κ1) is 12.7. The number of nitrogens with zero attached hydrogens (tertiary/aromatic N) is 3. The predicted molar refractivity (Wildman–Crippen MR) is 70.2 cm³/mol. The third-order valence-electron chi connectivity index (χ3n) is 2.15. The molecule has 19 heavy (non-hydrogen) atoms. The molecule has 0 saturated heterocycles. The van der Waals surface area contributed by atoms with Crippen LogP contribution in [0.5, 0.6) is 5.75 Å². The Bertz CT molecular complexity index is 641. The summed E-state index contributed by atoms with van der Waals surface area (Å²) in [6, 6.07) is 7.98. The van der Waals surface area contributed by atoms with E-state index in [9.17, 15) is 4.79 Å². The first-order valence-electron chi connectivity index (χ1n) is 5.17. The number of hydrogen-bond acceptors (Lipinski definition) is 6. The van der Waals surface area contributed by atoms with Gasteiger partial charge in [0, 0.05) is 0 Å². The Morgan fingerprint density at radius 3 is 2.74 bits per heavy atom. The smallest absolute Gasteiger partial charge is 0.268 e. The Morgan fingerprint density at radius 1 is 1.42 bits per heavy atom. The monoisotopic (exact) mass is 272 g/mol. The zero-order chi connectivity index (χ0) is 13.7. The van der Waals surface area contributed by atoms with Crippen molar-refractivity contribution in [2.75, 3.05) is 5.32 Å². The van der Waals surface area contributed by atoms with Crippen LogP contribution in [0, 0.1) is 11.3 Å². The van der Waals surface area contributed by atoms with Gasteiger partial charge in [0.15, 0.2) is 0 Å². The summed E-state index contributed by atoms with van der Waals surface area (Å²) in [6.07, 6.45) is 1.43. The molecule has 1 heterocycles. The molecule has 94 valence electrons. The third-order valence-corrected chi connectivity index (χ3v) is 2.76. The van der Waals surface area contributed by atoms with Gasteiger partial charge in [-0.3, -0.25) is 10.1 Å². The fourth-order valence-corrected chi connectivity index (χ4v) is 1.72. The van der Waals surface area contributed by atoms with Crippen molar-refractivity contribution in [2.45, 2.75) is 0 Å². The minimum atomic E-state index is -0.549. The largest absolute Gasteiger partial charge is 0.508 e. The molecule has 0 bridgehead atoms. The Kier molecular flexibility index (Phi) is 3.85. The minimum Gasteiger partial charge on any atom is -0.508 e. The number of benzene rings is 1. The summed E-state index contributed by atoms with van der Waals surface area (Å²) in [5.41, 5.74) is 2.06. The molecule has 0 radical (unpaired) electrons. The molecule has 0 aliphatic heterocycles. The molecule has 7 heteroatoms. The average molecular weight is 272 g/mol. The molecule has 0 unspecified atom stereocenters. The summed E-state index contributed by atoms with van der Waals surface area (Å²) in [5.74, 6) is -0.429. The lowest BCUT2D eigenvalue weighted by molar-refractivity contribution is -0.112. The highest BCUT2D eigenvalue weighted by Gasteiger charge is 2.10. The van der Waals surface area contributed by atoms with Gasteiger partial charge in [-0.05, 0) is 23.8 Å². The second-order valence-electron chi connectivity index (χ2n) is 3.46. The van der Waals surface area contributed by atoms with Crippen molar-refractivity contribution in [1.29, 1.82) is 5.26 Å². The average Bonchev–Trinajstić information content (AvgIpc) is 2.90. The van der Waals surface area contributed by atoms with Gasteiger partial charge in [-0.2, -0.15) is 5.26 Å². The lowest BCUT2D eigenvalue weighted by Gasteiger charge is -1.99. The van der Waals surface area contributed by atoms with E-state index >= 15 is 0 Å². The van der Waals surface area contributed by atoms with E-state index in [4.69, 9.17) is 10.4 Å². The van der Waals surface area contributed by atoms with Crippen LogP contribution in [0.3, 0.4) is 0 Å². The predicted octanol–water partition coefficient (Wildman–Crippen LogP) is 1.79. The van der Waals surface area contributed by atoms with Crippen molar-refractivity contribution in [2.24, 2.45) is 0 Å². The molecule has 1 amide bonds. The highest BCUT2D eigenvalue weighted by atomic mass is 32.1. The van der Waals surface area contributed by atoms with Crippen LogP contribution in [0.15, 0.2) is 35.3 Å². The second-order valence-corrected chi connectivity index (χ2v) is 4.29. The standard InChI is InChI=1S/C12H8N4O2S/c13-6-9(5-8-1-3-10(17)4-2-8)11(18)15-12-16-14-7-19-12/h1-5,7,17H,(H,15,16,18)/b9-5+. The van der Waals surface area contributed by atoms with Crippen LogP contribution in [0.25, 0.3) is 6.08 Å². The first-order chi connectivity index (χ1) is 9.19. The fraction of sp³-hybridized carbons (Fsp3) is 0. The van der Waals surface area contributed by atoms with Crippen molar-refractivity contribution < 1.29 is 9.90 Å². The van der Waals surface area contributed by atoms with Crippen LogP contribution in [0.4, 0.5) is 5.13 Å². The summed E-state index contributed by atoms with van der Waals surface area (Å²) in [6.45, 7) is 0. The fourth-order valence-electron chi connectivity index (χ4n) is 1.28. The molecule has 2 rings (SSSR count). The van der Waals surface area contributed by atoms with Gasteiger partial charge >= 0.3 is 0 Å². The van der Waals surface area contributed by atoms with E-state index in [1.54, 1.807) is 12.1 Å². The minimum absolute atomic E-state index is 0.0547. The first-order valence-corrected chi connectivity index (χ1v) is 6.05. The van der Waals surface area contributed by atoms with E-state index in [1.807, 2.05) is 6.07 Å². The van der Waals surface area contributed by atoms with E-state index in [1.165, 1.54) is 23.7 Å². The van der Waals surface area contributed by atoms with Crippen LogP contribution in [-0.4, -0.2) is 21.2 Å². The molecule has 2 aromatic rings. The Labute approximate surface area is 112 Å². The summed E-state index contributed by atoms with van der Waals surface area (Å²) in [7, 11) is 0. The van der Waals surface area contributed by atoms with E-state index < -0.39 is 5.91 Å². The highest BCUT2D eigenvalue weighted by Crippen LogP contribution is 2.14. The number of phenols is 1. The molecule has 0 fully saturated rings. The zero-order valence-corrected chi connectivity index (χ0v) is 10.4. The van der Waals surface area contributed by atoms with Gasteiger partial charge < -0.3 is 5.11 Å². The van der Waals surface area contributed by atoms with Gasteiger partial charge in [0.05, 0.1) is 0 Å². The molecule has 0 spiro atoms. The maximum absolute atomic E-state index is 11.8. The van der Waals surface area contributed by atoms with Crippen LogP contribution >= 0.6 is 11.3 Å². The van der Waals surface area contributed by atoms with E-state index in [0.717, 1.165) is 11.3 Å². The van der Waals surface area contributed by atoms with E-state index in [0.29, 0.717) is 10.7 Å². The lowest BCUT2D eigenvalue weighted by atomic mass is 10.1. The maximum Gasteiger partial charge on any atom is 0.268 e. The number of nitrogens with one attached hydrogen (secondary N) is 1. The number of carbonyl (C=O) groups is 1. The maximum atomic E-state index is 11.8. The van der Waals surface area contributed by atoms with E-state index in [-0.39, 0.29) is 11.3 Å². The van der Waals surface area contributed by atoms with Gasteiger partial charge in [-0.1, -0.05) is 23.5 Å². The highest BCUT2D eigenvalue weighted by molar-refractivity contribution is 7.13. The third kappa shape index (κ3) is 3.37. The van der Waals surface area contributed by atoms with Gasteiger partial charge in [0.2, 0.25) is 5.13 Å². The lowest BCUT2D eigenvalue weighted by Crippen LogP contribution is -2.13. The van der Waals surface area contributed by atoms with Gasteiger partial charge in [-0.15, -0.1) is 10.2 Å². The molecule has 2 N–H and O–H groups in total. The summed E-state index contributed by atoms with van der Waals surface area (Å²) < 4.78 is 0. The van der Waals surface area contributed by atoms with Crippen molar-refractivity contribution in [3.63, 3.8) is 0 Å². The van der Waals surface area contributed by atoms with E-state index in [2.05, 4.69) is 15.5 Å². The van der Waals surface area contributed by atoms with Crippen LogP contribution in [0.2, 0.25) is 0 Å². The van der Waals surface area contributed by atoms with Crippen molar-refractivity contribution in [1.82, 2.24) is 10.2 Å². The normalized spacial score (nSPS) is 10.8. The van der Waals surface area contributed by atoms with Gasteiger partial charge in [-0.25, -0.2) is 0 Å². The summed E-state index contributed by atoms with van der Waals surface area (Å²) in [5, 5.41) is 28.2. The molecule has 6 nitrogen and oxygen atoms in total. The zero-order valence-electron chi connectivity index (χ0n) is 9.57. The molecule has 1 aromatic heterocycles. The number of amides is 1. The van der Waals surface area contributed by atoms with Crippen LogP contribution in [0.1, 0.15) is 5.56 Å². The Morgan fingerprint density at radius 2 is 2.16 bits per heavy atom. The molecule has 1 aromatic carbocycles. The molecule has 0 aliphatic carbocycles. The number of aromatic hydroxyl groups is 1.